The number of halogens is 1. The molecule has 19 heavy (non-hydrogen) atoms. The van der Waals surface area contributed by atoms with Crippen molar-refractivity contribution in [3.8, 4) is 5.75 Å². The van der Waals surface area contributed by atoms with Gasteiger partial charge < -0.3 is 10.1 Å². The Balaban J connectivity index is 1.92. The lowest BCUT2D eigenvalue weighted by Gasteiger charge is -2.06. The second kappa shape index (κ2) is 6.47. The Morgan fingerprint density at radius 3 is 2.95 bits per heavy atom. The van der Waals surface area contributed by atoms with Gasteiger partial charge in [-0.05, 0) is 37.1 Å². The summed E-state index contributed by atoms with van der Waals surface area (Å²) in [5.74, 6) is 0.409. The fraction of sp³-hybridized carbons (Fsp3) is 0.385. The highest BCUT2D eigenvalue weighted by atomic mass is 32.1. The summed E-state index contributed by atoms with van der Waals surface area (Å²) in [7, 11) is 0. The number of hydrogen-bond donors (Lipinski definition) is 1. The van der Waals surface area contributed by atoms with Crippen LogP contribution >= 0.6 is 11.3 Å². The second-order valence-corrected chi connectivity index (χ2v) is 5.19. The first kappa shape index (κ1) is 13.7. The molecular weight excluding hydrogens is 265 g/mol. The molecule has 0 spiro atoms. The molecule has 0 saturated heterocycles. The fourth-order valence-electron chi connectivity index (χ4n) is 1.53. The quantitative estimate of drug-likeness (QED) is 0.881. The smallest absolute Gasteiger partial charge is 0.205 e. The van der Waals surface area contributed by atoms with E-state index in [4.69, 9.17) is 4.74 Å². The maximum Gasteiger partial charge on any atom is 0.205 e. The molecule has 1 heterocycles. The topological polar surface area (TPSA) is 47.0 Å². The number of rotatable bonds is 6. The monoisotopic (exact) mass is 281 g/mol. The molecule has 0 aliphatic carbocycles. The lowest BCUT2D eigenvalue weighted by molar-refractivity contribution is 0.302. The number of aryl methyl sites for hydroxylation is 1. The largest absolute Gasteiger partial charge is 0.486 e. The summed E-state index contributed by atoms with van der Waals surface area (Å²) in [6.07, 6.45) is 1.04. The molecule has 0 amide bonds. The number of hydrogen-bond acceptors (Lipinski definition) is 5. The van der Waals surface area contributed by atoms with E-state index < -0.39 is 0 Å². The van der Waals surface area contributed by atoms with Crippen LogP contribution in [-0.2, 0) is 6.61 Å². The van der Waals surface area contributed by atoms with Crippen molar-refractivity contribution in [1.82, 2.24) is 10.2 Å². The van der Waals surface area contributed by atoms with Crippen molar-refractivity contribution < 1.29 is 9.13 Å². The third kappa shape index (κ3) is 3.89. The first-order valence-electron chi connectivity index (χ1n) is 6.14. The molecular formula is C13H16FN3OS. The number of ether oxygens (including phenoxy) is 1. The summed E-state index contributed by atoms with van der Waals surface area (Å²) in [5, 5.41) is 12.8. The summed E-state index contributed by atoms with van der Waals surface area (Å²) in [6.45, 7) is 5.13. The predicted octanol–water partition coefficient (Wildman–Crippen LogP) is 3.39. The lowest BCUT2D eigenvalue weighted by atomic mass is 10.2. The van der Waals surface area contributed by atoms with E-state index in [1.165, 1.54) is 23.5 Å². The van der Waals surface area contributed by atoms with E-state index in [-0.39, 0.29) is 5.82 Å². The molecule has 0 fully saturated rings. The molecule has 0 aliphatic rings. The predicted molar refractivity (Wildman–Crippen MR) is 74.2 cm³/mol. The third-order valence-corrected chi connectivity index (χ3v) is 3.34. The molecule has 0 saturated carbocycles. The van der Waals surface area contributed by atoms with Crippen LogP contribution in [0.2, 0.25) is 0 Å². The van der Waals surface area contributed by atoms with Gasteiger partial charge in [-0.15, -0.1) is 10.2 Å². The molecule has 4 nitrogen and oxygen atoms in total. The van der Waals surface area contributed by atoms with E-state index in [9.17, 15) is 4.39 Å². The van der Waals surface area contributed by atoms with Crippen LogP contribution in [-0.4, -0.2) is 16.7 Å². The van der Waals surface area contributed by atoms with Gasteiger partial charge >= 0.3 is 0 Å². The van der Waals surface area contributed by atoms with Gasteiger partial charge in [0, 0.05) is 6.54 Å². The second-order valence-electron chi connectivity index (χ2n) is 4.13. The number of nitrogens with zero attached hydrogens (tertiary/aromatic N) is 2. The Labute approximate surface area is 115 Å². The van der Waals surface area contributed by atoms with Gasteiger partial charge in [0.2, 0.25) is 5.13 Å². The minimum absolute atomic E-state index is 0.258. The zero-order valence-corrected chi connectivity index (χ0v) is 11.8. The molecule has 2 rings (SSSR count). The maximum atomic E-state index is 12.9. The Morgan fingerprint density at radius 2 is 2.21 bits per heavy atom. The molecule has 0 unspecified atom stereocenters. The highest BCUT2D eigenvalue weighted by Gasteiger charge is 2.06. The van der Waals surface area contributed by atoms with Crippen LogP contribution in [0.4, 0.5) is 9.52 Å². The van der Waals surface area contributed by atoms with Crippen LogP contribution in [0.5, 0.6) is 5.75 Å². The van der Waals surface area contributed by atoms with E-state index in [0.29, 0.717) is 12.4 Å². The highest BCUT2D eigenvalue weighted by molar-refractivity contribution is 7.15. The third-order valence-electron chi connectivity index (χ3n) is 2.48. The molecule has 0 radical (unpaired) electrons. The lowest BCUT2D eigenvalue weighted by Crippen LogP contribution is -1.98. The molecule has 2 aromatic rings. The van der Waals surface area contributed by atoms with Crippen molar-refractivity contribution in [2.75, 3.05) is 11.9 Å². The number of nitrogens with one attached hydrogen (secondary N) is 1. The standard InChI is InChI=1S/C13H16FN3OS/c1-3-6-15-13-17-16-12(19-13)8-18-11-5-4-10(14)7-9(11)2/h4-5,7H,3,6,8H2,1-2H3,(H,15,17). The highest BCUT2D eigenvalue weighted by Crippen LogP contribution is 2.21. The zero-order chi connectivity index (χ0) is 13.7. The zero-order valence-electron chi connectivity index (χ0n) is 10.9. The molecule has 102 valence electrons. The van der Waals surface area contributed by atoms with E-state index in [0.717, 1.165) is 28.7 Å². The van der Waals surface area contributed by atoms with Gasteiger partial charge in [0.15, 0.2) is 5.01 Å². The molecule has 1 aromatic heterocycles. The molecule has 1 aromatic carbocycles. The molecule has 1 N–H and O–H groups in total. The van der Waals surface area contributed by atoms with Gasteiger partial charge in [-0.1, -0.05) is 18.3 Å². The summed E-state index contributed by atoms with van der Waals surface area (Å²) in [6, 6.07) is 4.46. The Bertz CT molecular complexity index is 544. The Kier molecular flexibility index (Phi) is 4.68. The minimum atomic E-state index is -0.258. The van der Waals surface area contributed by atoms with Crippen molar-refractivity contribution in [2.45, 2.75) is 26.9 Å². The fourth-order valence-corrected chi connectivity index (χ4v) is 2.21. The summed E-state index contributed by atoms with van der Waals surface area (Å²) >= 11 is 1.47. The van der Waals surface area contributed by atoms with Crippen molar-refractivity contribution in [1.29, 1.82) is 0 Å². The van der Waals surface area contributed by atoms with Crippen molar-refractivity contribution in [2.24, 2.45) is 0 Å². The van der Waals surface area contributed by atoms with Crippen molar-refractivity contribution >= 4 is 16.5 Å². The summed E-state index contributed by atoms with van der Waals surface area (Å²) in [4.78, 5) is 0. The Morgan fingerprint density at radius 1 is 1.37 bits per heavy atom. The van der Waals surface area contributed by atoms with Crippen LogP contribution in [0.3, 0.4) is 0 Å². The Hall–Kier alpha value is -1.69. The van der Waals surface area contributed by atoms with Crippen LogP contribution in [0.25, 0.3) is 0 Å². The van der Waals surface area contributed by atoms with Crippen LogP contribution in [0.15, 0.2) is 18.2 Å². The molecule has 6 heteroatoms. The molecule has 0 bridgehead atoms. The number of benzene rings is 1. The summed E-state index contributed by atoms with van der Waals surface area (Å²) < 4.78 is 18.6. The average Bonchev–Trinajstić information content (AvgIpc) is 2.83. The van der Waals surface area contributed by atoms with Crippen LogP contribution < -0.4 is 10.1 Å². The van der Waals surface area contributed by atoms with Gasteiger partial charge in [0.1, 0.15) is 18.2 Å². The molecule has 0 atom stereocenters. The van der Waals surface area contributed by atoms with Crippen LogP contribution in [0, 0.1) is 12.7 Å². The van der Waals surface area contributed by atoms with Gasteiger partial charge in [-0.3, -0.25) is 0 Å². The normalized spacial score (nSPS) is 10.5. The SMILES string of the molecule is CCCNc1nnc(COc2ccc(F)cc2C)s1. The van der Waals surface area contributed by atoms with E-state index >= 15 is 0 Å². The first-order chi connectivity index (χ1) is 9.19. The maximum absolute atomic E-state index is 12.9. The van der Waals surface area contributed by atoms with Crippen molar-refractivity contribution in [3.63, 3.8) is 0 Å². The average molecular weight is 281 g/mol. The summed E-state index contributed by atoms with van der Waals surface area (Å²) in [5.41, 5.74) is 0.772. The van der Waals surface area contributed by atoms with E-state index in [1.807, 2.05) is 6.92 Å². The minimum Gasteiger partial charge on any atom is -0.486 e. The van der Waals surface area contributed by atoms with Gasteiger partial charge in [0.05, 0.1) is 0 Å². The van der Waals surface area contributed by atoms with E-state index in [1.54, 1.807) is 6.07 Å². The van der Waals surface area contributed by atoms with Gasteiger partial charge in [0.25, 0.3) is 0 Å². The van der Waals surface area contributed by atoms with E-state index in [2.05, 4.69) is 22.4 Å². The van der Waals surface area contributed by atoms with Gasteiger partial charge in [-0.2, -0.15) is 0 Å². The van der Waals surface area contributed by atoms with Crippen LogP contribution in [0.1, 0.15) is 23.9 Å². The van der Waals surface area contributed by atoms with Gasteiger partial charge in [-0.25, -0.2) is 4.39 Å². The molecule has 0 aliphatic heterocycles. The number of aromatic nitrogens is 2. The first-order valence-corrected chi connectivity index (χ1v) is 6.96. The van der Waals surface area contributed by atoms with Crippen molar-refractivity contribution in [3.05, 3.63) is 34.6 Å². The number of anilines is 1.